The zero-order chi connectivity index (χ0) is 12.8. The van der Waals surface area contributed by atoms with Gasteiger partial charge in [-0.3, -0.25) is 0 Å². The van der Waals surface area contributed by atoms with Gasteiger partial charge in [0, 0.05) is 4.91 Å². The number of thioether (sulfide) groups is 1. The zero-order valence-corrected chi connectivity index (χ0v) is 11.5. The molecule has 0 saturated carbocycles. The molecular weight excluding hydrogens is 228 g/mol. The van der Waals surface area contributed by atoms with Gasteiger partial charge < -0.3 is 5.11 Å². The van der Waals surface area contributed by atoms with Crippen molar-refractivity contribution in [3.63, 3.8) is 0 Å². The summed E-state index contributed by atoms with van der Waals surface area (Å²) in [5, 5.41) is 10.0. The third kappa shape index (κ3) is 4.06. The van der Waals surface area contributed by atoms with Crippen LogP contribution in [0.3, 0.4) is 0 Å². The van der Waals surface area contributed by atoms with E-state index in [2.05, 4.69) is 12.7 Å². The summed E-state index contributed by atoms with van der Waals surface area (Å²) < 4.78 is 0. The average molecular weight is 248 g/mol. The largest absolute Gasteiger partial charge is 0.388 e. The molecule has 0 saturated heterocycles. The van der Waals surface area contributed by atoms with Crippen LogP contribution < -0.4 is 0 Å². The molecule has 1 N–H and O–H groups in total. The highest BCUT2D eigenvalue weighted by Gasteiger charge is 2.16. The zero-order valence-electron chi connectivity index (χ0n) is 10.7. The van der Waals surface area contributed by atoms with Gasteiger partial charge in [0.2, 0.25) is 0 Å². The lowest BCUT2D eigenvalue weighted by atomic mass is 9.99. The number of rotatable bonds is 5. The molecule has 1 aromatic carbocycles. The minimum absolute atomic E-state index is 0.189. The Balaban J connectivity index is 2.92. The molecule has 2 heteroatoms. The Kier molecular flexibility index (Phi) is 5.52. The second kappa shape index (κ2) is 6.67. The smallest absolute Gasteiger partial charge is 0.0818 e. The Morgan fingerprint density at radius 1 is 1.29 bits per heavy atom. The molecule has 0 bridgehead atoms. The van der Waals surface area contributed by atoms with Crippen LogP contribution in [0.2, 0.25) is 0 Å². The Morgan fingerprint density at radius 3 is 2.35 bits per heavy atom. The van der Waals surface area contributed by atoms with E-state index in [0.29, 0.717) is 0 Å². The molecule has 0 heterocycles. The van der Waals surface area contributed by atoms with Crippen LogP contribution in [0.15, 0.2) is 47.4 Å². The number of aliphatic hydroxyl groups is 1. The monoisotopic (exact) mass is 248 g/mol. The van der Waals surface area contributed by atoms with E-state index in [9.17, 15) is 5.11 Å². The fourth-order valence-corrected chi connectivity index (χ4v) is 2.17. The number of hydrogen-bond acceptors (Lipinski definition) is 2. The SMILES string of the molecule is C=C(/C(=C/c1ccccc1)SC)C(O)C(C)C. The van der Waals surface area contributed by atoms with Gasteiger partial charge in [-0.25, -0.2) is 0 Å². The first kappa shape index (κ1) is 14.1. The molecular formula is C15H20OS. The maximum Gasteiger partial charge on any atom is 0.0818 e. The van der Waals surface area contributed by atoms with Crippen LogP contribution in [0.1, 0.15) is 19.4 Å². The summed E-state index contributed by atoms with van der Waals surface area (Å²) in [6, 6.07) is 10.1. The number of hydrogen-bond donors (Lipinski definition) is 1. The molecule has 0 aliphatic rings. The van der Waals surface area contributed by atoms with Crippen LogP contribution in [-0.2, 0) is 0 Å². The summed E-state index contributed by atoms with van der Waals surface area (Å²) in [6.45, 7) is 8.00. The predicted octanol–water partition coefficient (Wildman–Crippen LogP) is 3.96. The van der Waals surface area contributed by atoms with Gasteiger partial charge in [0.25, 0.3) is 0 Å². The predicted molar refractivity (Wildman–Crippen MR) is 77.9 cm³/mol. The fraction of sp³-hybridized carbons (Fsp3) is 0.333. The van der Waals surface area contributed by atoms with Crippen molar-refractivity contribution in [2.75, 3.05) is 6.26 Å². The molecule has 0 fully saturated rings. The highest BCUT2D eigenvalue weighted by Crippen LogP contribution is 2.28. The minimum Gasteiger partial charge on any atom is -0.388 e. The highest BCUT2D eigenvalue weighted by molar-refractivity contribution is 8.02. The Labute approximate surface area is 108 Å². The van der Waals surface area contributed by atoms with Crippen molar-refractivity contribution in [2.45, 2.75) is 20.0 Å². The van der Waals surface area contributed by atoms with E-state index in [4.69, 9.17) is 0 Å². The molecule has 92 valence electrons. The topological polar surface area (TPSA) is 20.2 Å². The molecule has 1 unspecified atom stereocenters. The van der Waals surface area contributed by atoms with Crippen molar-refractivity contribution >= 4 is 17.8 Å². The number of benzene rings is 1. The molecule has 0 aromatic heterocycles. The van der Waals surface area contributed by atoms with Gasteiger partial charge in [0.05, 0.1) is 6.10 Å². The Morgan fingerprint density at radius 2 is 1.88 bits per heavy atom. The summed E-state index contributed by atoms with van der Waals surface area (Å²) in [4.78, 5) is 1.04. The maximum atomic E-state index is 10.0. The molecule has 0 spiro atoms. The average Bonchev–Trinajstić information content (AvgIpc) is 2.35. The van der Waals surface area contributed by atoms with Crippen molar-refractivity contribution in [1.82, 2.24) is 0 Å². The van der Waals surface area contributed by atoms with E-state index in [1.807, 2.05) is 50.4 Å². The van der Waals surface area contributed by atoms with Crippen molar-refractivity contribution in [3.8, 4) is 0 Å². The van der Waals surface area contributed by atoms with E-state index in [1.54, 1.807) is 11.8 Å². The molecule has 0 radical (unpaired) electrons. The Hall–Kier alpha value is -0.990. The van der Waals surface area contributed by atoms with Gasteiger partial charge in [-0.05, 0) is 29.4 Å². The van der Waals surface area contributed by atoms with E-state index >= 15 is 0 Å². The second-order valence-electron chi connectivity index (χ2n) is 4.34. The molecule has 0 aliphatic heterocycles. The van der Waals surface area contributed by atoms with Crippen molar-refractivity contribution < 1.29 is 5.11 Å². The van der Waals surface area contributed by atoms with Crippen LogP contribution in [0.5, 0.6) is 0 Å². The van der Waals surface area contributed by atoms with Gasteiger partial charge in [-0.15, -0.1) is 11.8 Å². The van der Waals surface area contributed by atoms with E-state index < -0.39 is 6.10 Å². The van der Waals surface area contributed by atoms with Crippen molar-refractivity contribution in [1.29, 1.82) is 0 Å². The quantitative estimate of drug-likeness (QED) is 0.796. The molecule has 1 aromatic rings. The Bertz CT molecular complexity index is 393. The lowest BCUT2D eigenvalue weighted by Gasteiger charge is -2.18. The molecule has 0 aliphatic carbocycles. The maximum absolute atomic E-state index is 10.0. The summed E-state index contributed by atoms with van der Waals surface area (Å²) in [7, 11) is 0. The van der Waals surface area contributed by atoms with Crippen LogP contribution in [0.4, 0.5) is 0 Å². The highest BCUT2D eigenvalue weighted by atomic mass is 32.2. The van der Waals surface area contributed by atoms with Gasteiger partial charge in [-0.1, -0.05) is 50.8 Å². The van der Waals surface area contributed by atoms with Gasteiger partial charge in [0.15, 0.2) is 0 Å². The standard InChI is InChI=1S/C15H20OS/c1-11(2)15(16)12(3)14(17-4)10-13-8-6-5-7-9-13/h5-11,15-16H,3H2,1-2,4H3/b14-10-. The van der Waals surface area contributed by atoms with Crippen LogP contribution in [0, 0.1) is 5.92 Å². The summed E-state index contributed by atoms with van der Waals surface area (Å²) in [5.41, 5.74) is 1.94. The third-order valence-corrected chi connectivity index (χ3v) is 3.44. The molecule has 1 nitrogen and oxygen atoms in total. The first-order valence-electron chi connectivity index (χ1n) is 5.74. The fourth-order valence-electron chi connectivity index (χ4n) is 1.53. The first-order chi connectivity index (χ1) is 8.06. The minimum atomic E-state index is -0.475. The van der Waals surface area contributed by atoms with Crippen LogP contribution >= 0.6 is 11.8 Å². The van der Waals surface area contributed by atoms with E-state index in [1.165, 1.54) is 0 Å². The van der Waals surface area contributed by atoms with E-state index in [-0.39, 0.29) is 5.92 Å². The molecule has 17 heavy (non-hydrogen) atoms. The summed E-state index contributed by atoms with van der Waals surface area (Å²) in [6.07, 6.45) is 3.60. The molecule has 1 atom stereocenters. The lowest BCUT2D eigenvalue weighted by molar-refractivity contribution is 0.164. The normalized spacial score (nSPS) is 13.8. The summed E-state index contributed by atoms with van der Waals surface area (Å²) in [5.74, 6) is 0.189. The summed E-state index contributed by atoms with van der Waals surface area (Å²) >= 11 is 1.62. The third-order valence-electron chi connectivity index (χ3n) is 2.62. The lowest BCUT2D eigenvalue weighted by Crippen LogP contribution is -2.17. The molecule has 0 amide bonds. The van der Waals surface area contributed by atoms with Crippen molar-refractivity contribution in [2.24, 2.45) is 5.92 Å². The van der Waals surface area contributed by atoms with Gasteiger partial charge in [0.1, 0.15) is 0 Å². The van der Waals surface area contributed by atoms with Gasteiger partial charge in [-0.2, -0.15) is 0 Å². The van der Waals surface area contributed by atoms with Crippen LogP contribution in [-0.4, -0.2) is 17.5 Å². The van der Waals surface area contributed by atoms with Crippen molar-refractivity contribution in [3.05, 3.63) is 53.0 Å². The molecule has 1 rings (SSSR count). The first-order valence-corrected chi connectivity index (χ1v) is 6.96. The van der Waals surface area contributed by atoms with Crippen LogP contribution in [0.25, 0.3) is 6.08 Å². The number of aliphatic hydroxyl groups excluding tert-OH is 1. The second-order valence-corrected chi connectivity index (χ2v) is 5.19. The van der Waals surface area contributed by atoms with E-state index in [0.717, 1.165) is 16.0 Å². The van der Waals surface area contributed by atoms with Gasteiger partial charge >= 0.3 is 0 Å².